The SMILES string of the molecule is [2H]c1c(F)c([2H])c2onc(C3CCN(C([2H])([2H])C([2H])([2H])c4c(C)nc5n(c4=O)C([2H])([2H])C([2H])([2H])C([2H])([2H])C5([2H])[2H])CC3)c2c1[2H]. The van der Waals surface area contributed by atoms with Crippen molar-refractivity contribution >= 4 is 11.0 Å². The van der Waals surface area contributed by atoms with Crippen LogP contribution in [0.4, 0.5) is 4.39 Å². The number of likely N-dealkylation sites (tertiary alicyclic amines) is 1. The molecule has 30 heavy (non-hydrogen) atoms. The zero-order valence-corrected chi connectivity index (χ0v) is 15.9. The second kappa shape index (κ2) is 7.95. The molecule has 4 heterocycles. The smallest absolute Gasteiger partial charge is 0.256 e. The molecule has 0 unspecified atom stereocenters. The van der Waals surface area contributed by atoms with E-state index >= 15 is 0 Å². The highest BCUT2D eigenvalue weighted by Crippen LogP contribution is 2.32. The Morgan fingerprint density at radius 2 is 2.20 bits per heavy atom. The first-order valence-corrected chi connectivity index (χ1v) is 9.33. The fourth-order valence-electron chi connectivity index (χ4n) is 3.57. The van der Waals surface area contributed by atoms with Crippen LogP contribution in [-0.2, 0) is 19.2 Å². The molecule has 0 amide bonds. The highest BCUT2D eigenvalue weighted by atomic mass is 19.1. The minimum absolute atomic E-state index is 0.0228. The van der Waals surface area contributed by atoms with E-state index in [9.17, 15) is 9.18 Å². The maximum absolute atomic E-state index is 14.1. The fourth-order valence-corrected chi connectivity index (χ4v) is 3.57. The largest absolute Gasteiger partial charge is 0.356 e. The molecule has 6 nitrogen and oxygen atoms in total. The van der Waals surface area contributed by atoms with Gasteiger partial charge in [-0.05, 0) is 64.1 Å². The number of halogens is 1. The van der Waals surface area contributed by atoms with E-state index in [-0.39, 0.29) is 47.2 Å². The molecule has 2 aromatic heterocycles. The van der Waals surface area contributed by atoms with Crippen molar-refractivity contribution in [3.8, 4) is 0 Å². The predicted octanol–water partition coefficient (Wildman–Crippen LogP) is 3.59. The normalized spacial score (nSPS) is 33.1. The van der Waals surface area contributed by atoms with E-state index in [1.54, 1.807) is 0 Å². The first-order chi connectivity index (χ1) is 20.4. The van der Waals surface area contributed by atoms with Gasteiger partial charge in [0.25, 0.3) is 5.56 Å². The van der Waals surface area contributed by atoms with Crippen LogP contribution in [0.2, 0.25) is 0 Å². The molecule has 0 saturated carbocycles. The number of hydrogen-bond acceptors (Lipinski definition) is 5. The van der Waals surface area contributed by atoms with E-state index in [4.69, 9.17) is 25.1 Å². The van der Waals surface area contributed by atoms with Crippen LogP contribution in [0, 0.1) is 12.7 Å². The van der Waals surface area contributed by atoms with Crippen LogP contribution in [0.3, 0.4) is 0 Å². The Balaban J connectivity index is 1.52. The standard InChI is InChI=1S/C23H27FN4O2/c1-15-18(23(29)28-10-3-2-4-21(28)25-15)9-13-27-11-7-16(8-12-27)22-19-6-5-17(24)14-20(19)30-26-22/h5-6,14,16H,2-4,7-13H2,1H3/i2D2,3D2,4D2,5D,6D,9D2,10D2,13D2,14D. The van der Waals surface area contributed by atoms with Crippen molar-refractivity contribution in [2.45, 2.75) is 57.7 Å². The second-order valence-electron chi connectivity index (χ2n) is 6.98. The molecule has 158 valence electrons. The second-order valence-corrected chi connectivity index (χ2v) is 6.98. The van der Waals surface area contributed by atoms with Crippen LogP contribution in [-0.4, -0.2) is 39.2 Å². The van der Waals surface area contributed by atoms with Gasteiger partial charge in [-0.15, -0.1) is 0 Å². The van der Waals surface area contributed by atoms with Crippen LogP contribution < -0.4 is 5.56 Å². The molecule has 1 aromatic carbocycles. The molecule has 0 radical (unpaired) electrons. The minimum Gasteiger partial charge on any atom is -0.356 e. The monoisotopic (exact) mass is 425 g/mol. The van der Waals surface area contributed by atoms with Crippen molar-refractivity contribution in [2.75, 3.05) is 19.6 Å². The number of benzene rings is 1. The number of aromatic nitrogens is 3. The molecule has 0 aliphatic carbocycles. The Hall–Kier alpha value is -2.54. The summed E-state index contributed by atoms with van der Waals surface area (Å²) in [5.74, 6) is -2.85. The molecule has 1 saturated heterocycles. The molecule has 2 aliphatic rings. The molecule has 0 atom stereocenters. The summed E-state index contributed by atoms with van der Waals surface area (Å²) in [5.41, 5.74) is -3.27. The summed E-state index contributed by atoms with van der Waals surface area (Å²) >= 11 is 0. The number of rotatable bonds is 4. The third-order valence-electron chi connectivity index (χ3n) is 5.13. The van der Waals surface area contributed by atoms with Crippen molar-refractivity contribution in [3.63, 3.8) is 0 Å². The van der Waals surface area contributed by atoms with Gasteiger partial charge in [-0.1, -0.05) is 5.16 Å². The molecule has 1 fully saturated rings. The van der Waals surface area contributed by atoms with E-state index in [2.05, 4.69) is 10.1 Å². The van der Waals surface area contributed by atoms with E-state index in [1.165, 1.54) is 0 Å². The third-order valence-corrected chi connectivity index (χ3v) is 5.13. The summed E-state index contributed by atoms with van der Waals surface area (Å²) in [5, 5.41) is 3.87. The Morgan fingerprint density at radius 1 is 1.37 bits per heavy atom. The summed E-state index contributed by atoms with van der Waals surface area (Å²) in [6.07, 6.45) is -13.5. The van der Waals surface area contributed by atoms with Crippen LogP contribution in [0.15, 0.2) is 27.4 Å². The zero-order valence-electron chi connectivity index (χ0n) is 30.9. The molecule has 0 N–H and O–H groups in total. The van der Waals surface area contributed by atoms with Crippen molar-refractivity contribution < 1.29 is 29.5 Å². The maximum Gasteiger partial charge on any atom is 0.256 e. The number of fused-ring (bicyclic) bond motifs is 2. The van der Waals surface area contributed by atoms with E-state index in [1.807, 2.05) is 0 Å². The lowest BCUT2D eigenvalue weighted by Gasteiger charge is -2.31. The lowest BCUT2D eigenvalue weighted by Crippen LogP contribution is -2.37. The number of hydrogen-bond donors (Lipinski definition) is 0. The van der Waals surface area contributed by atoms with E-state index < -0.39 is 91.0 Å². The first kappa shape index (κ1) is 8.91. The van der Waals surface area contributed by atoms with Crippen LogP contribution in [0.1, 0.15) is 74.8 Å². The topological polar surface area (TPSA) is 64.2 Å². The van der Waals surface area contributed by atoms with E-state index in [0.717, 1.165) is 11.8 Å². The lowest BCUT2D eigenvalue weighted by molar-refractivity contribution is 0.211. The Labute approximate surface area is 195 Å². The number of nitrogens with zero attached hydrogens (tertiary/aromatic N) is 4. The molecule has 0 spiro atoms. The molecular weight excluding hydrogens is 383 g/mol. The maximum atomic E-state index is 14.1. The van der Waals surface area contributed by atoms with Crippen molar-refractivity contribution in [1.82, 2.24) is 19.6 Å². The highest BCUT2D eigenvalue weighted by molar-refractivity contribution is 5.79. The average molecular weight is 426 g/mol. The minimum atomic E-state index is -3.64. The molecule has 7 heteroatoms. The number of piperidine rings is 1. The fraction of sp³-hybridized carbons (Fsp3) is 0.522. The first-order valence-electron chi connectivity index (χ1n) is 16.8. The predicted molar refractivity (Wildman–Crippen MR) is 112 cm³/mol. The Kier molecular flexibility index (Phi) is 2.36. The molecule has 5 rings (SSSR count). The molecule has 2 aliphatic heterocycles. The summed E-state index contributed by atoms with van der Waals surface area (Å²) in [4.78, 5) is 18.7. The molecular formula is C23H27FN4O2. The van der Waals surface area contributed by atoms with E-state index in [0.29, 0.717) is 0 Å². The zero-order chi connectivity index (χ0) is 34.0. The van der Waals surface area contributed by atoms with Gasteiger partial charge in [-0.3, -0.25) is 9.36 Å². The van der Waals surface area contributed by atoms with Crippen molar-refractivity contribution in [3.05, 3.63) is 57.1 Å². The van der Waals surface area contributed by atoms with Crippen molar-refractivity contribution in [1.29, 1.82) is 0 Å². The summed E-state index contributed by atoms with van der Waals surface area (Å²) in [6.45, 7) is -5.76. The van der Waals surface area contributed by atoms with Gasteiger partial charge in [0.15, 0.2) is 5.58 Å². The molecule has 0 bridgehead atoms. The number of aryl methyl sites for hydroxylation is 2. The Morgan fingerprint density at radius 3 is 3.03 bits per heavy atom. The quantitative estimate of drug-likeness (QED) is 0.639. The van der Waals surface area contributed by atoms with Gasteiger partial charge in [-0.25, -0.2) is 9.37 Å². The van der Waals surface area contributed by atoms with Gasteiger partial charge in [0.05, 0.1) is 9.81 Å². The van der Waals surface area contributed by atoms with Gasteiger partial charge in [0, 0.05) is 64.4 Å². The summed E-state index contributed by atoms with van der Waals surface area (Å²) in [6, 6.07) is -2.06. The average Bonchev–Trinajstić information content (AvgIpc) is 3.39. The van der Waals surface area contributed by atoms with Crippen LogP contribution in [0.25, 0.3) is 11.0 Å². The van der Waals surface area contributed by atoms with Gasteiger partial charge in [0.2, 0.25) is 0 Å². The van der Waals surface area contributed by atoms with Crippen LogP contribution >= 0.6 is 0 Å². The van der Waals surface area contributed by atoms with Gasteiger partial charge >= 0.3 is 0 Å². The highest BCUT2D eigenvalue weighted by Gasteiger charge is 2.25. The van der Waals surface area contributed by atoms with Gasteiger partial charge in [-0.2, -0.15) is 0 Å². The van der Waals surface area contributed by atoms with Gasteiger partial charge < -0.3 is 9.42 Å². The summed E-state index contributed by atoms with van der Waals surface area (Å²) in [7, 11) is 0. The summed E-state index contributed by atoms with van der Waals surface area (Å²) < 4.78 is 144. The lowest BCUT2D eigenvalue weighted by atomic mass is 9.91. The van der Waals surface area contributed by atoms with Crippen LogP contribution in [0.5, 0.6) is 0 Å². The molecule has 3 aromatic rings. The Bertz CT molecular complexity index is 1780. The van der Waals surface area contributed by atoms with Gasteiger partial charge in [0.1, 0.15) is 11.6 Å². The van der Waals surface area contributed by atoms with Crippen molar-refractivity contribution in [2.24, 2.45) is 0 Å². The third kappa shape index (κ3) is 3.55.